The van der Waals surface area contributed by atoms with E-state index >= 15 is 0 Å². The monoisotopic (exact) mass is 514 g/mol. The molecular weight excluding hydrogens is 480 g/mol. The van der Waals surface area contributed by atoms with Crippen LogP contribution in [-0.2, 0) is 29.5 Å². The molecule has 3 aromatic heterocycles. The van der Waals surface area contributed by atoms with Crippen molar-refractivity contribution in [1.82, 2.24) is 34.8 Å². The number of carbonyl (C=O) groups excluding carboxylic acids is 2. The molecule has 10 nitrogen and oxygen atoms in total. The maximum absolute atomic E-state index is 13.2. The average Bonchev–Trinajstić information content (AvgIpc) is 3.53. The zero-order valence-corrected chi connectivity index (χ0v) is 22.1. The van der Waals surface area contributed by atoms with Crippen molar-refractivity contribution in [2.45, 2.75) is 51.6 Å². The van der Waals surface area contributed by atoms with Crippen LogP contribution >= 0.6 is 0 Å². The highest BCUT2D eigenvalue weighted by atomic mass is 16.2. The van der Waals surface area contributed by atoms with Gasteiger partial charge in [0.15, 0.2) is 0 Å². The predicted molar refractivity (Wildman–Crippen MR) is 145 cm³/mol. The van der Waals surface area contributed by atoms with Crippen LogP contribution in [-0.4, -0.2) is 61.1 Å². The second-order valence-corrected chi connectivity index (χ2v) is 9.97. The van der Waals surface area contributed by atoms with Gasteiger partial charge >= 0.3 is 0 Å². The van der Waals surface area contributed by atoms with E-state index in [1.807, 2.05) is 59.6 Å². The summed E-state index contributed by atoms with van der Waals surface area (Å²) in [6, 6.07) is 13.7. The number of piperidine rings is 1. The van der Waals surface area contributed by atoms with Crippen LogP contribution in [0, 0.1) is 6.92 Å². The number of nitrogens with zero attached hydrogens (tertiary/aromatic N) is 6. The molecule has 38 heavy (non-hydrogen) atoms. The van der Waals surface area contributed by atoms with Gasteiger partial charge in [-0.05, 0) is 37.5 Å². The summed E-state index contributed by atoms with van der Waals surface area (Å²) in [6.07, 6.45) is 6.23. The molecule has 1 atom stereocenters. The van der Waals surface area contributed by atoms with Crippen molar-refractivity contribution in [1.29, 1.82) is 0 Å². The number of aromatic nitrogens is 5. The van der Waals surface area contributed by atoms with Crippen LogP contribution in [0.15, 0.2) is 55.0 Å². The SMILES string of the molecule is CC(=O)N[C@H](Cc1cccn1C)C(=O)NC1CCN(c2c(Cc3ccccc3)c(C)nc3ncnn23)CC1. The minimum atomic E-state index is -0.616. The van der Waals surface area contributed by atoms with E-state index in [0.29, 0.717) is 12.2 Å². The zero-order valence-electron chi connectivity index (χ0n) is 22.1. The third-order valence-corrected chi connectivity index (χ3v) is 7.23. The number of rotatable bonds is 8. The Bertz CT molecular complexity index is 1420. The fourth-order valence-corrected chi connectivity index (χ4v) is 5.21. The Morgan fingerprint density at radius 1 is 1.11 bits per heavy atom. The smallest absolute Gasteiger partial charge is 0.254 e. The van der Waals surface area contributed by atoms with Gasteiger partial charge in [0.1, 0.15) is 18.2 Å². The molecular formula is C28H34N8O2. The Labute approximate surface area is 222 Å². The summed E-state index contributed by atoms with van der Waals surface area (Å²) in [5.74, 6) is 1.23. The summed E-state index contributed by atoms with van der Waals surface area (Å²) in [5.41, 5.74) is 4.27. The number of fused-ring (bicyclic) bond motifs is 1. The Morgan fingerprint density at radius 2 is 1.87 bits per heavy atom. The highest BCUT2D eigenvalue weighted by Gasteiger charge is 2.28. The summed E-state index contributed by atoms with van der Waals surface area (Å²) >= 11 is 0. The number of aryl methyl sites for hydroxylation is 2. The molecule has 1 aliphatic heterocycles. The molecule has 198 valence electrons. The predicted octanol–water partition coefficient (Wildman–Crippen LogP) is 2.19. The van der Waals surface area contributed by atoms with E-state index < -0.39 is 6.04 Å². The summed E-state index contributed by atoms with van der Waals surface area (Å²) < 4.78 is 3.80. The number of hydrogen-bond donors (Lipinski definition) is 2. The lowest BCUT2D eigenvalue weighted by Crippen LogP contribution is -2.53. The normalized spacial score (nSPS) is 15.0. The number of carbonyl (C=O) groups is 2. The van der Waals surface area contributed by atoms with Gasteiger partial charge in [-0.1, -0.05) is 30.3 Å². The van der Waals surface area contributed by atoms with E-state index in [2.05, 4.69) is 37.7 Å². The summed E-state index contributed by atoms with van der Waals surface area (Å²) in [6.45, 7) is 4.98. The number of benzene rings is 1. The van der Waals surface area contributed by atoms with Crippen molar-refractivity contribution in [3.8, 4) is 0 Å². The van der Waals surface area contributed by atoms with Crippen LogP contribution in [0.2, 0.25) is 0 Å². The van der Waals surface area contributed by atoms with Gasteiger partial charge in [0.05, 0.1) is 0 Å². The molecule has 1 aromatic carbocycles. The van der Waals surface area contributed by atoms with Crippen molar-refractivity contribution in [2.24, 2.45) is 7.05 Å². The van der Waals surface area contributed by atoms with Gasteiger partial charge in [0.25, 0.3) is 5.78 Å². The standard InChI is InChI=1S/C28H34N8O2/c1-19-24(16-21-8-5-4-6-9-21)27(36-28(31-19)29-18-30-36)35-14-11-22(12-15-35)33-26(38)25(32-20(2)37)17-23-10-7-13-34(23)3/h4-10,13,18,22,25H,11-12,14-17H2,1-3H3,(H,32,37)(H,33,38)/t25-/m1/s1. The zero-order chi connectivity index (χ0) is 26.6. The molecule has 0 radical (unpaired) electrons. The molecule has 0 aliphatic carbocycles. The molecule has 2 amide bonds. The average molecular weight is 515 g/mol. The number of nitrogens with one attached hydrogen (secondary N) is 2. The lowest BCUT2D eigenvalue weighted by Gasteiger charge is -2.35. The minimum Gasteiger partial charge on any atom is -0.356 e. The van der Waals surface area contributed by atoms with Gasteiger partial charge in [0.2, 0.25) is 11.8 Å². The lowest BCUT2D eigenvalue weighted by molar-refractivity contribution is -0.128. The van der Waals surface area contributed by atoms with Gasteiger partial charge in [-0.25, -0.2) is 4.98 Å². The Morgan fingerprint density at radius 3 is 2.55 bits per heavy atom. The molecule has 0 bridgehead atoms. The van der Waals surface area contributed by atoms with E-state index in [1.54, 1.807) is 6.33 Å². The Hall–Kier alpha value is -4.21. The molecule has 0 saturated carbocycles. The molecule has 5 rings (SSSR count). The molecule has 0 unspecified atom stereocenters. The summed E-state index contributed by atoms with van der Waals surface area (Å²) in [7, 11) is 1.94. The van der Waals surface area contributed by atoms with Crippen LogP contribution in [0.5, 0.6) is 0 Å². The lowest BCUT2D eigenvalue weighted by atomic mass is 10.0. The number of amides is 2. The molecule has 4 heterocycles. The van der Waals surface area contributed by atoms with E-state index in [-0.39, 0.29) is 17.9 Å². The fourth-order valence-electron chi connectivity index (χ4n) is 5.21. The van der Waals surface area contributed by atoms with Crippen molar-refractivity contribution < 1.29 is 9.59 Å². The third-order valence-electron chi connectivity index (χ3n) is 7.23. The van der Waals surface area contributed by atoms with Gasteiger partial charge in [-0.2, -0.15) is 14.6 Å². The topological polar surface area (TPSA) is 109 Å². The molecule has 1 saturated heterocycles. The maximum atomic E-state index is 13.2. The first-order chi connectivity index (χ1) is 18.4. The van der Waals surface area contributed by atoms with Gasteiger partial charge in [-0.15, -0.1) is 0 Å². The molecule has 4 aromatic rings. The Kier molecular flexibility index (Phi) is 7.39. The van der Waals surface area contributed by atoms with Crippen LogP contribution in [0.4, 0.5) is 5.82 Å². The minimum absolute atomic E-state index is 0.0233. The van der Waals surface area contributed by atoms with Crippen LogP contribution in [0.1, 0.15) is 42.3 Å². The van der Waals surface area contributed by atoms with Crippen LogP contribution in [0.25, 0.3) is 5.78 Å². The van der Waals surface area contributed by atoms with Crippen LogP contribution in [0.3, 0.4) is 0 Å². The number of anilines is 1. The quantitative estimate of drug-likeness (QED) is 0.373. The van der Waals surface area contributed by atoms with Gasteiger partial charge in [-0.3, -0.25) is 9.59 Å². The van der Waals surface area contributed by atoms with Crippen LogP contribution < -0.4 is 15.5 Å². The maximum Gasteiger partial charge on any atom is 0.254 e. The van der Waals surface area contributed by atoms with E-state index in [1.165, 1.54) is 12.5 Å². The molecule has 2 N–H and O–H groups in total. The first kappa shape index (κ1) is 25.4. The molecule has 0 spiro atoms. The first-order valence-electron chi connectivity index (χ1n) is 13.0. The number of hydrogen-bond acceptors (Lipinski definition) is 6. The van der Waals surface area contributed by atoms with Gasteiger partial charge in [0, 0.05) is 69.1 Å². The third kappa shape index (κ3) is 5.53. The molecule has 1 aliphatic rings. The summed E-state index contributed by atoms with van der Waals surface area (Å²) in [5, 5.41) is 10.5. The second-order valence-electron chi connectivity index (χ2n) is 9.97. The van der Waals surface area contributed by atoms with Crippen molar-refractivity contribution >= 4 is 23.4 Å². The first-order valence-corrected chi connectivity index (χ1v) is 13.0. The molecule has 1 fully saturated rings. The highest BCUT2D eigenvalue weighted by Crippen LogP contribution is 2.28. The Balaban J connectivity index is 1.30. The van der Waals surface area contributed by atoms with E-state index in [4.69, 9.17) is 4.98 Å². The molecule has 10 heteroatoms. The second kappa shape index (κ2) is 11.0. The largest absolute Gasteiger partial charge is 0.356 e. The summed E-state index contributed by atoms with van der Waals surface area (Å²) in [4.78, 5) is 36.4. The van der Waals surface area contributed by atoms with E-state index in [9.17, 15) is 9.59 Å². The van der Waals surface area contributed by atoms with Gasteiger partial charge < -0.3 is 20.1 Å². The fraction of sp³-hybridized carbons (Fsp3) is 0.393. The van der Waals surface area contributed by atoms with Crippen molar-refractivity contribution in [2.75, 3.05) is 18.0 Å². The highest BCUT2D eigenvalue weighted by molar-refractivity contribution is 5.87. The van der Waals surface area contributed by atoms with E-state index in [0.717, 1.165) is 55.1 Å². The van der Waals surface area contributed by atoms with Crippen molar-refractivity contribution in [3.05, 3.63) is 77.5 Å². The van der Waals surface area contributed by atoms with Crippen molar-refractivity contribution in [3.63, 3.8) is 0 Å².